The van der Waals surface area contributed by atoms with Crippen molar-refractivity contribution in [3.05, 3.63) is 17.5 Å². The highest BCUT2D eigenvalue weighted by Crippen LogP contribution is 2.21. The van der Waals surface area contributed by atoms with Crippen LogP contribution in [0, 0.1) is 13.8 Å². The van der Waals surface area contributed by atoms with E-state index in [1.165, 1.54) is 32.1 Å². The second kappa shape index (κ2) is 9.21. The van der Waals surface area contributed by atoms with Crippen molar-refractivity contribution in [3.63, 3.8) is 0 Å². The predicted octanol–water partition coefficient (Wildman–Crippen LogP) is 3.22. The van der Waals surface area contributed by atoms with Gasteiger partial charge in [0.25, 0.3) is 0 Å². The van der Waals surface area contributed by atoms with Crippen molar-refractivity contribution in [2.75, 3.05) is 20.1 Å². The van der Waals surface area contributed by atoms with Crippen LogP contribution in [-0.4, -0.2) is 46.8 Å². The molecule has 1 aliphatic carbocycles. The van der Waals surface area contributed by atoms with E-state index in [0.717, 1.165) is 30.8 Å². The van der Waals surface area contributed by atoms with Gasteiger partial charge in [0.05, 0.1) is 5.69 Å². The summed E-state index contributed by atoms with van der Waals surface area (Å²) < 4.78 is 1.89. The van der Waals surface area contributed by atoms with Crippen molar-refractivity contribution in [1.82, 2.24) is 20.0 Å². The third-order valence-corrected chi connectivity index (χ3v) is 5.17. The number of likely N-dealkylation sites (N-methyl/N-ethyl adjacent to an activating group) is 1. The number of carbonyl (C=O) groups is 1. The number of hydrogen-bond donors (Lipinski definition) is 1. The summed E-state index contributed by atoms with van der Waals surface area (Å²) in [6, 6.07) is 2.54. The van der Waals surface area contributed by atoms with Crippen molar-refractivity contribution in [3.8, 4) is 0 Å². The maximum atomic E-state index is 12.7. The highest BCUT2D eigenvalue weighted by molar-refractivity contribution is 5.80. The van der Waals surface area contributed by atoms with Crippen LogP contribution in [0.15, 0.2) is 6.07 Å². The Labute approximate surface area is 146 Å². The molecule has 0 bridgehead atoms. The zero-order chi connectivity index (χ0) is 17.5. The monoisotopic (exact) mass is 334 g/mol. The van der Waals surface area contributed by atoms with Gasteiger partial charge in [-0.2, -0.15) is 5.10 Å². The second-order valence-corrected chi connectivity index (χ2v) is 7.24. The molecule has 24 heavy (non-hydrogen) atoms. The maximum absolute atomic E-state index is 12.7. The SMILES string of the molecule is CCCC(C(=O)NCCN(C)C1CCCCC1)n1nc(C)cc1C. The molecular formula is C19H34N4O. The van der Waals surface area contributed by atoms with Crippen molar-refractivity contribution in [2.45, 2.75) is 77.8 Å². The molecule has 1 amide bonds. The summed E-state index contributed by atoms with van der Waals surface area (Å²) in [5.41, 5.74) is 2.03. The van der Waals surface area contributed by atoms with Crippen LogP contribution in [0.1, 0.15) is 69.3 Å². The fraction of sp³-hybridized carbons (Fsp3) is 0.789. The Morgan fingerprint density at radius 3 is 2.67 bits per heavy atom. The highest BCUT2D eigenvalue weighted by Gasteiger charge is 2.22. The van der Waals surface area contributed by atoms with Crippen molar-refractivity contribution >= 4 is 5.91 Å². The van der Waals surface area contributed by atoms with Crippen LogP contribution in [0.3, 0.4) is 0 Å². The maximum Gasteiger partial charge on any atom is 0.244 e. The molecule has 1 heterocycles. The Balaban J connectivity index is 1.85. The van der Waals surface area contributed by atoms with Crippen LogP contribution in [0.4, 0.5) is 0 Å². The normalized spacial score (nSPS) is 17.2. The minimum Gasteiger partial charge on any atom is -0.353 e. The van der Waals surface area contributed by atoms with Gasteiger partial charge in [-0.05, 0) is 46.2 Å². The molecular weight excluding hydrogens is 300 g/mol. The lowest BCUT2D eigenvalue weighted by molar-refractivity contribution is -0.125. The largest absolute Gasteiger partial charge is 0.353 e. The molecule has 1 unspecified atom stereocenters. The van der Waals surface area contributed by atoms with Gasteiger partial charge < -0.3 is 10.2 Å². The van der Waals surface area contributed by atoms with Gasteiger partial charge in [-0.3, -0.25) is 9.48 Å². The molecule has 1 aliphatic rings. The highest BCUT2D eigenvalue weighted by atomic mass is 16.2. The summed E-state index contributed by atoms with van der Waals surface area (Å²) in [4.78, 5) is 15.1. The zero-order valence-corrected chi connectivity index (χ0v) is 15.8. The fourth-order valence-electron chi connectivity index (χ4n) is 3.78. The molecule has 0 radical (unpaired) electrons. The predicted molar refractivity (Wildman–Crippen MR) is 98.2 cm³/mol. The van der Waals surface area contributed by atoms with Crippen molar-refractivity contribution < 1.29 is 4.79 Å². The number of nitrogens with zero attached hydrogens (tertiary/aromatic N) is 3. The first-order valence-corrected chi connectivity index (χ1v) is 9.53. The Bertz CT molecular complexity index is 519. The Morgan fingerprint density at radius 2 is 2.08 bits per heavy atom. The summed E-state index contributed by atoms with van der Waals surface area (Å²) in [5, 5.41) is 7.64. The molecule has 0 aliphatic heterocycles. The van der Waals surface area contributed by atoms with Gasteiger partial charge >= 0.3 is 0 Å². The first-order valence-electron chi connectivity index (χ1n) is 9.53. The molecule has 1 N–H and O–H groups in total. The molecule has 0 aromatic carbocycles. The second-order valence-electron chi connectivity index (χ2n) is 7.24. The standard InChI is InChI=1S/C19H34N4O/c1-5-9-18(23-16(3)14-15(2)21-23)19(24)20-12-13-22(4)17-10-7-6-8-11-17/h14,17-18H,5-13H2,1-4H3,(H,20,24). The minimum absolute atomic E-state index is 0.0973. The third kappa shape index (κ3) is 5.07. The third-order valence-electron chi connectivity index (χ3n) is 5.17. The van der Waals surface area contributed by atoms with Gasteiger partial charge in [0.15, 0.2) is 0 Å². The first kappa shape index (κ1) is 19.0. The van der Waals surface area contributed by atoms with E-state index in [9.17, 15) is 4.79 Å². The molecule has 1 aromatic heterocycles. The summed E-state index contributed by atoms with van der Waals surface area (Å²) in [6.07, 6.45) is 8.46. The van der Waals surface area contributed by atoms with E-state index in [1.54, 1.807) is 0 Å². The molecule has 136 valence electrons. The fourth-order valence-corrected chi connectivity index (χ4v) is 3.78. The lowest BCUT2D eigenvalue weighted by Gasteiger charge is -2.31. The number of nitrogens with one attached hydrogen (secondary N) is 1. The van der Waals surface area contributed by atoms with E-state index in [2.05, 4.69) is 29.3 Å². The first-order chi connectivity index (χ1) is 11.5. The van der Waals surface area contributed by atoms with Gasteiger partial charge in [0, 0.05) is 24.8 Å². The van der Waals surface area contributed by atoms with E-state index in [4.69, 9.17) is 0 Å². The van der Waals surface area contributed by atoms with Crippen LogP contribution in [0.2, 0.25) is 0 Å². The lowest BCUT2D eigenvalue weighted by Crippen LogP contribution is -2.41. The number of amides is 1. The van der Waals surface area contributed by atoms with E-state index in [-0.39, 0.29) is 11.9 Å². The molecule has 1 aromatic rings. The Morgan fingerprint density at radius 1 is 1.38 bits per heavy atom. The average Bonchev–Trinajstić information content (AvgIpc) is 2.91. The van der Waals surface area contributed by atoms with E-state index in [0.29, 0.717) is 12.6 Å². The molecule has 5 nitrogen and oxygen atoms in total. The number of aryl methyl sites for hydroxylation is 2. The van der Waals surface area contributed by atoms with Crippen molar-refractivity contribution in [2.24, 2.45) is 0 Å². The van der Waals surface area contributed by atoms with Gasteiger partial charge in [0.2, 0.25) is 5.91 Å². The molecule has 2 rings (SSSR count). The zero-order valence-electron chi connectivity index (χ0n) is 15.8. The molecule has 1 saturated carbocycles. The Hall–Kier alpha value is -1.36. The van der Waals surface area contributed by atoms with Crippen molar-refractivity contribution in [1.29, 1.82) is 0 Å². The molecule has 0 saturated heterocycles. The number of carbonyl (C=O) groups excluding carboxylic acids is 1. The molecule has 1 atom stereocenters. The quantitative estimate of drug-likeness (QED) is 0.794. The van der Waals surface area contributed by atoms with E-state index in [1.807, 2.05) is 24.6 Å². The average molecular weight is 335 g/mol. The van der Waals surface area contributed by atoms with Crippen LogP contribution in [0.25, 0.3) is 0 Å². The minimum atomic E-state index is -0.191. The van der Waals surface area contributed by atoms with Crippen LogP contribution in [0.5, 0.6) is 0 Å². The number of hydrogen-bond acceptors (Lipinski definition) is 3. The Kier molecular flexibility index (Phi) is 7.28. The summed E-state index contributed by atoms with van der Waals surface area (Å²) in [5.74, 6) is 0.0973. The van der Waals surface area contributed by atoms with E-state index < -0.39 is 0 Å². The van der Waals surface area contributed by atoms with E-state index >= 15 is 0 Å². The number of aromatic nitrogens is 2. The van der Waals surface area contributed by atoms with Crippen LogP contribution in [-0.2, 0) is 4.79 Å². The lowest BCUT2D eigenvalue weighted by atomic mass is 9.94. The smallest absolute Gasteiger partial charge is 0.244 e. The summed E-state index contributed by atoms with van der Waals surface area (Å²) in [6.45, 7) is 7.75. The summed E-state index contributed by atoms with van der Waals surface area (Å²) in [7, 11) is 2.19. The van der Waals surface area contributed by atoms with Gasteiger partial charge in [0.1, 0.15) is 6.04 Å². The summed E-state index contributed by atoms with van der Waals surface area (Å²) >= 11 is 0. The van der Waals surface area contributed by atoms with Crippen LogP contribution < -0.4 is 5.32 Å². The molecule has 1 fully saturated rings. The van der Waals surface area contributed by atoms with Crippen LogP contribution >= 0.6 is 0 Å². The van der Waals surface area contributed by atoms with Gasteiger partial charge in [-0.15, -0.1) is 0 Å². The molecule has 5 heteroatoms. The molecule has 0 spiro atoms. The topological polar surface area (TPSA) is 50.2 Å². The van der Waals surface area contributed by atoms with Gasteiger partial charge in [-0.25, -0.2) is 0 Å². The van der Waals surface area contributed by atoms with Gasteiger partial charge in [-0.1, -0.05) is 32.6 Å². The number of rotatable bonds is 8.